The smallest absolute Gasteiger partial charge is 0.346 e. The zero-order chi connectivity index (χ0) is 16.5. The quantitative estimate of drug-likeness (QED) is 0.726. The van der Waals surface area contributed by atoms with Crippen LogP contribution in [0.2, 0.25) is 0 Å². The Bertz CT molecular complexity index is 868. The number of hydrogen-bond donors (Lipinski definition) is 1. The number of hydrogen-bond acceptors (Lipinski definition) is 6. The summed E-state index contributed by atoms with van der Waals surface area (Å²) in [7, 11) is 0. The zero-order valence-electron chi connectivity index (χ0n) is 12.9. The third-order valence-electron chi connectivity index (χ3n) is 4.17. The second kappa shape index (κ2) is 5.80. The number of phenolic OH excluding ortho intramolecular Hbond substituents is 1. The summed E-state index contributed by atoms with van der Waals surface area (Å²) in [6, 6.07) is 10.5. The normalized spacial score (nSPS) is 15.0. The molecule has 0 spiro atoms. The molecular weight excluding hydrogens is 308 g/mol. The number of aromatic hydroxyl groups is 1. The van der Waals surface area contributed by atoms with Crippen molar-refractivity contribution in [3.8, 4) is 5.75 Å². The minimum atomic E-state index is -0.184. The van der Waals surface area contributed by atoms with Crippen LogP contribution in [-0.2, 0) is 0 Å². The maximum absolute atomic E-state index is 12.7. The summed E-state index contributed by atoms with van der Waals surface area (Å²) in [6.07, 6.45) is 1.63. The van der Waals surface area contributed by atoms with Gasteiger partial charge < -0.3 is 14.9 Å². The van der Waals surface area contributed by atoms with Gasteiger partial charge in [-0.1, -0.05) is 5.21 Å². The fourth-order valence-corrected chi connectivity index (χ4v) is 2.86. The monoisotopic (exact) mass is 324 g/mol. The molecule has 1 aliphatic rings. The molecule has 1 amide bonds. The number of pyridine rings is 1. The summed E-state index contributed by atoms with van der Waals surface area (Å²) in [4.78, 5) is 20.7. The van der Waals surface area contributed by atoms with Crippen molar-refractivity contribution in [3.05, 3.63) is 42.6 Å². The van der Waals surface area contributed by atoms with Gasteiger partial charge in [0.05, 0.1) is 0 Å². The van der Waals surface area contributed by atoms with Crippen LogP contribution in [0.3, 0.4) is 0 Å². The van der Waals surface area contributed by atoms with E-state index in [-0.39, 0.29) is 11.8 Å². The van der Waals surface area contributed by atoms with Crippen LogP contribution in [-0.4, -0.2) is 62.2 Å². The molecule has 122 valence electrons. The lowest BCUT2D eigenvalue weighted by molar-refractivity contribution is 0.193. The van der Waals surface area contributed by atoms with Crippen molar-refractivity contribution in [3.63, 3.8) is 0 Å². The number of piperazine rings is 1. The lowest BCUT2D eigenvalue weighted by Crippen LogP contribution is -2.50. The number of carbonyl (C=O) groups excluding carboxylic acids is 1. The molecule has 1 fully saturated rings. The Morgan fingerprint density at radius 3 is 2.54 bits per heavy atom. The Kier molecular flexibility index (Phi) is 3.49. The molecule has 1 saturated heterocycles. The molecule has 0 aliphatic carbocycles. The molecule has 0 saturated carbocycles. The SMILES string of the molecule is O=C(N1CCN(c2ccc(O)cc2)CC1)n1nnc2ncccc21. The fourth-order valence-electron chi connectivity index (χ4n) is 2.86. The van der Waals surface area contributed by atoms with Gasteiger partial charge in [0.15, 0.2) is 0 Å². The largest absolute Gasteiger partial charge is 0.508 e. The van der Waals surface area contributed by atoms with E-state index in [9.17, 15) is 9.90 Å². The average Bonchev–Trinajstić information content (AvgIpc) is 3.06. The Morgan fingerprint density at radius 2 is 1.79 bits per heavy atom. The molecule has 8 nitrogen and oxygen atoms in total. The second-order valence-corrected chi connectivity index (χ2v) is 5.62. The summed E-state index contributed by atoms with van der Waals surface area (Å²) in [5.74, 6) is 0.249. The van der Waals surface area contributed by atoms with Gasteiger partial charge in [0.25, 0.3) is 0 Å². The van der Waals surface area contributed by atoms with Crippen LogP contribution in [0.15, 0.2) is 42.6 Å². The van der Waals surface area contributed by atoms with Gasteiger partial charge >= 0.3 is 6.03 Å². The zero-order valence-corrected chi connectivity index (χ0v) is 12.9. The Labute approximate surface area is 137 Å². The summed E-state index contributed by atoms with van der Waals surface area (Å²) in [6.45, 7) is 2.64. The molecule has 0 radical (unpaired) electrons. The lowest BCUT2D eigenvalue weighted by Gasteiger charge is -2.35. The van der Waals surface area contributed by atoms with Crippen molar-refractivity contribution in [1.82, 2.24) is 24.9 Å². The third-order valence-corrected chi connectivity index (χ3v) is 4.17. The first-order valence-corrected chi connectivity index (χ1v) is 7.72. The predicted octanol–water partition coefficient (Wildman–Crippen LogP) is 1.32. The molecule has 0 unspecified atom stereocenters. The van der Waals surface area contributed by atoms with E-state index in [0.29, 0.717) is 24.3 Å². The number of nitrogens with zero attached hydrogens (tertiary/aromatic N) is 6. The molecule has 8 heteroatoms. The molecule has 0 atom stereocenters. The van der Waals surface area contributed by atoms with Gasteiger partial charge in [-0.25, -0.2) is 9.78 Å². The average molecular weight is 324 g/mol. The highest BCUT2D eigenvalue weighted by Gasteiger charge is 2.24. The van der Waals surface area contributed by atoms with Crippen LogP contribution in [0.25, 0.3) is 11.2 Å². The third kappa shape index (κ3) is 2.51. The summed E-state index contributed by atoms with van der Waals surface area (Å²) < 4.78 is 1.30. The van der Waals surface area contributed by atoms with Gasteiger partial charge in [0, 0.05) is 38.1 Å². The molecular formula is C16H16N6O2. The molecule has 1 aliphatic heterocycles. The van der Waals surface area contributed by atoms with Gasteiger partial charge in [-0.2, -0.15) is 4.68 Å². The molecule has 24 heavy (non-hydrogen) atoms. The van der Waals surface area contributed by atoms with E-state index in [1.165, 1.54) is 4.68 Å². The Hall–Kier alpha value is -3.16. The number of carbonyl (C=O) groups is 1. The van der Waals surface area contributed by atoms with Gasteiger partial charge in [0.2, 0.25) is 5.65 Å². The molecule has 4 rings (SSSR count). The Balaban J connectivity index is 1.47. The molecule has 1 aromatic carbocycles. The number of phenols is 1. The number of anilines is 1. The van der Waals surface area contributed by atoms with E-state index in [0.717, 1.165) is 18.8 Å². The van der Waals surface area contributed by atoms with Gasteiger partial charge in [-0.15, -0.1) is 5.10 Å². The second-order valence-electron chi connectivity index (χ2n) is 5.62. The molecule has 0 bridgehead atoms. The lowest BCUT2D eigenvalue weighted by atomic mass is 10.2. The van der Waals surface area contributed by atoms with E-state index in [1.807, 2.05) is 12.1 Å². The van der Waals surface area contributed by atoms with Crippen molar-refractivity contribution < 1.29 is 9.90 Å². The number of fused-ring (bicyclic) bond motifs is 1. The van der Waals surface area contributed by atoms with Crippen LogP contribution in [0.4, 0.5) is 10.5 Å². The van der Waals surface area contributed by atoms with Gasteiger partial charge in [0.1, 0.15) is 11.3 Å². The summed E-state index contributed by atoms with van der Waals surface area (Å²) in [5.41, 5.74) is 2.12. The number of amides is 1. The van der Waals surface area contributed by atoms with E-state index >= 15 is 0 Å². The highest BCUT2D eigenvalue weighted by atomic mass is 16.3. The van der Waals surface area contributed by atoms with Gasteiger partial charge in [-0.05, 0) is 36.4 Å². The van der Waals surface area contributed by atoms with Gasteiger partial charge in [-0.3, -0.25) is 0 Å². The minimum absolute atomic E-state index is 0.184. The molecule has 2 aromatic heterocycles. The number of aromatic nitrogens is 4. The van der Waals surface area contributed by atoms with E-state index < -0.39 is 0 Å². The van der Waals surface area contributed by atoms with Crippen molar-refractivity contribution in [2.45, 2.75) is 0 Å². The summed E-state index contributed by atoms with van der Waals surface area (Å²) >= 11 is 0. The van der Waals surface area contributed by atoms with E-state index in [1.54, 1.807) is 35.4 Å². The van der Waals surface area contributed by atoms with Crippen molar-refractivity contribution in [1.29, 1.82) is 0 Å². The van der Waals surface area contributed by atoms with Crippen LogP contribution < -0.4 is 4.90 Å². The molecule has 3 aromatic rings. The van der Waals surface area contributed by atoms with Crippen LogP contribution >= 0.6 is 0 Å². The maximum atomic E-state index is 12.7. The molecule has 1 N–H and O–H groups in total. The summed E-state index contributed by atoms with van der Waals surface area (Å²) in [5, 5.41) is 17.2. The van der Waals surface area contributed by atoms with E-state index in [2.05, 4.69) is 20.2 Å². The van der Waals surface area contributed by atoms with E-state index in [4.69, 9.17) is 0 Å². The van der Waals surface area contributed by atoms with Crippen LogP contribution in [0.1, 0.15) is 0 Å². The predicted molar refractivity (Wildman–Crippen MR) is 88.0 cm³/mol. The Morgan fingerprint density at radius 1 is 1.04 bits per heavy atom. The first kappa shape index (κ1) is 14.4. The standard InChI is InChI=1S/C16H16N6O2/c23-13-5-3-12(4-6-13)20-8-10-21(11-9-20)16(24)22-14-2-1-7-17-15(14)18-19-22/h1-7,23H,8-11H2. The first-order valence-electron chi connectivity index (χ1n) is 7.72. The molecule has 3 heterocycles. The van der Waals surface area contributed by atoms with Crippen LogP contribution in [0.5, 0.6) is 5.75 Å². The topological polar surface area (TPSA) is 87.4 Å². The van der Waals surface area contributed by atoms with Crippen molar-refractivity contribution >= 4 is 22.9 Å². The van der Waals surface area contributed by atoms with Crippen LogP contribution in [0, 0.1) is 0 Å². The minimum Gasteiger partial charge on any atom is -0.508 e. The van der Waals surface area contributed by atoms with Crippen molar-refractivity contribution in [2.75, 3.05) is 31.1 Å². The first-order chi connectivity index (χ1) is 11.7. The maximum Gasteiger partial charge on any atom is 0.346 e. The number of benzene rings is 1. The highest BCUT2D eigenvalue weighted by Crippen LogP contribution is 2.20. The fraction of sp³-hybridized carbons (Fsp3) is 0.250. The van der Waals surface area contributed by atoms with Crippen molar-refractivity contribution in [2.24, 2.45) is 0 Å². The highest BCUT2D eigenvalue weighted by molar-refractivity contribution is 5.86. The number of rotatable bonds is 1.